The monoisotopic (exact) mass is 332 g/mol. The number of nitro benzene ring substituents is 1. The lowest BCUT2D eigenvalue weighted by atomic mass is 10.1. The molecule has 8 heteroatoms. The number of nitro groups is 1. The van der Waals surface area contributed by atoms with E-state index >= 15 is 0 Å². The molecule has 1 atom stereocenters. The van der Waals surface area contributed by atoms with Gasteiger partial charge in [0.15, 0.2) is 0 Å². The zero-order chi connectivity index (χ0) is 16.9. The van der Waals surface area contributed by atoms with Gasteiger partial charge in [0, 0.05) is 25.3 Å². The molecule has 1 aliphatic rings. The van der Waals surface area contributed by atoms with Crippen molar-refractivity contribution >= 4 is 11.5 Å². The summed E-state index contributed by atoms with van der Waals surface area (Å²) in [6, 6.07) is 5.32. The summed E-state index contributed by atoms with van der Waals surface area (Å²) in [7, 11) is 0. The molecule has 7 nitrogen and oxygen atoms in total. The van der Waals surface area contributed by atoms with Crippen LogP contribution >= 0.6 is 0 Å². The number of ether oxygens (including phenoxy) is 1. The third kappa shape index (κ3) is 3.83. The molecular formula is C16H17FN4O3. The highest BCUT2D eigenvalue weighted by Gasteiger charge is 2.19. The van der Waals surface area contributed by atoms with Crippen molar-refractivity contribution in [2.45, 2.75) is 25.3 Å². The minimum atomic E-state index is -0.656. The summed E-state index contributed by atoms with van der Waals surface area (Å²) in [4.78, 5) is 18.8. The number of nitrogens with one attached hydrogen (secondary N) is 1. The van der Waals surface area contributed by atoms with Gasteiger partial charge in [-0.2, -0.15) is 0 Å². The molecule has 1 aliphatic heterocycles. The van der Waals surface area contributed by atoms with E-state index in [1.165, 1.54) is 18.5 Å². The van der Waals surface area contributed by atoms with Gasteiger partial charge in [-0.25, -0.2) is 14.4 Å². The first-order valence-corrected chi connectivity index (χ1v) is 7.74. The molecule has 1 N–H and O–H groups in total. The van der Waals surface area contributed by atoms with Crippen molar-refractivity contribution in [3.63, 3.8) is 0 Å². The lowest BCUT2D eigenvalue weighted by Crippen LogP contribution is -2.20. The maximum absolute atomic E-state index is 13.3. The second kappa shape index (κ2) is 7.31. The zero-order valence-electron chi connectivity index (χ0n) is 12.9. The van der Waals surface area contributed by atoms with Gasteiger partial charge in [-0.1, -0.05) is 0 Å². The van der Waals surface area contributed by atoms with Crippen LogP contribution in [-0.4, -0.2) is 34.1 Å². The van der Waals surface area contributed by atoms with Crippen LogP contribution in [0.25, 0.3) is 11.3 Å². The molecule has 0 spiro atoms. The lowest BCUT2D eigenvalue weighted by Gasteiger charge is -2.16. The third-order valence-corrected chi connectivity index (χ3v) is 3.90. The highest BCUT2D eigenvalue weighted by atomic mass is 19.1. The Morgan fingerprint density at radius 3 is 2.96 bits per heavy atom. The number of aromatic nitrogens is 2. The van der Waals surface area contributed by atoms with E-state index in [-0.39, 0.29) is 17.3 Å². The number of anilines is 1. The van der Waals surface area contributed by atoms with Gasteiger partial charge in [-0.3, -0.25) is 10.1 Å². The first-order chi connectivity index (χ1) is 11.6. The summed E-state index contributed by atoms with van der Waals surface area (Å²) < 4.78 is 18.7. The fourth-order valence-electron chi connectivity index (χ4n) is 2.71. The molecule has 0 radical (unpaired) electrons. The van der Waals surface area contributed by atoms with Crippen molar-refractivity contribution < 1.29 is 14.1 Å². The number of nitrogens with zero attached hydrogens (tertiary/aromatic N) is 3. The topological polar surface area (TPSA) is 90.2 Å². The lowest BCUT2D eigenvalue weighted by molar-refractivity contribution is -0.384. The predicted octanol–water partition coefficient (Wildman–Crippen LogP) is 3.17. The van der Waals surface area contributed by atoms with Gasteiger partial charge in [-0.05, 0) is 31.4 Å². The summed E-state index contributed by atoms with van der Waals surface area (Å²) in [6.07, 6.45) is 4.16. The molecule has 3 rings (SSSR count). The SMILES string of the molecule is O=[N+]([O-])c1cc(F)ccc1-c1cc(NC2CCCOCC2)ncn1. The largest absolute Gasteiger partial charge is 0.381 e. The third-order valence-electron chi connectivity index (χ3n) is 3.90. The number of hydrogen-bond donors (Lipinski definition) is 1. The smallest absolute Gasteiger partial charge is 0.281 e. The average Bonchev–Trinajstić information content (AvgIpc) is 2.83. The van der Waals surface area contributed by atoms with Crippen LogP contribution in [0, 0.1) is 15.9 Å². The summed E-state index contributed by atoms with van der Waals surface area (Å²) >= 11 is 0. The van der Waals surface area contributed by atoms with E-state index in [1.807, 2.05) is 0 Å². The Labute approximate surface area is 138 Å². The first-order valence-electron chi connectivity index (χ1n) is 7.74. The summed E-state index contributed by atoms with van der Waals surface area (Å²) in [5, 5.41) is 14.5. The fraction of sp³-hybridized carbons (Fsp3) is 0.375. The van der Waals surface area contributed by atoms with Crippen LogP contribution in [0.4, 0.5) is 15.9 Å². The number of halogens is 1. The molecule has 0 saturated carbocycles. The summed E-state index contributed by atoms with van der Waals surface area (Å²) in [5.74, 6) is -0.0677. The minimum absolute atomic E-state index is 0.235. The van der Waals surface area contributed by atoms with Crippen LogP contribution < -0.4 is 5.32 Å². The van der Waals surface area contributed by atoms with E-state index in [9.17, 15) is 14.5 Å². The highest BCUT2D eigenvalue weighted by molar-refractivity contribution is 5.72. The molecule has 1 saturated heterocycles. The van der Waals surface area contributed by atoms with Gasteiger partial charge in [0.25, 0.3) is 5.69 Å². The Hall–Kier alpha value is -2.61. The molecule has 0 aliphatic carbocycles. The van der Waals surface area contributed by atoms with Crippen LogP contribution in [0.1, 0.15) is 19.3 Å². The van der Waals surface area contributed by atoms with Crippen LogP contribution in [0.2, 0.25) is 0 Å². The second-order valence-corrected chi connectivity index (χ2v) is 5.59. The second-order valence-electron chi connectivity index (χ2n) is 5.59. The summed E-state index contributed by atoms with van der Waals surface area (Å²) in [5.41, 5.74) is 0.322. The van der Waals surface area contributed by atoms with Crippen molar-refractivity contribution in [2.75, 3.05) is 18.5 Å². The molecule has 2 aromatic rings. The highest BCUT2D eigenvalue weighted by Crippen LogP contribution is 2.30. The van der Waals surface area contributed by atoms with Gasteiger partial charge in [0.2, 0.25) is 0 Å². The van der Waals surface area contributed by atoms with Crippen molar-refractivity contribution in [1.29, 1.82) is 0 Å². The Morgan fingerprint density at radius 2 is 2.12 bits per heavy atom. The number of benzene rings is 1. The van der Waals surface area contributed by atoms with Gasteiger partial charge >= 0.3 is 0 Å². The van der Waals surface area contributed by atoms with Crippen molar-refractivity contribution in [3.05, 3.63) is 46.5 Å². The molecule has 1 aromatic carbocycles. The molecule has 1 unspecified atom stereocenters. The van der Waals surface area contributed by atoms with E-state index in [2.05, 4.69) is 15.3 Å². The quantitative estimate of drug-likeness (QED) is 0.683. The van der Waals surface area contributed by atoms with E-state index < -0.39 is 10.7 Å². The Kier molecular flexibility index (Phi) is 4.95. The standard InChI is InChI=1S/C16H17FN4O3/c17-11-3-4-13(15(8-11)21(22)23)14-9-16(19-10-18-14)20-12-2-1-6-24-7-5-12/h3-4,8-10,12H,1-2,5-7H2,(H,18,19,20). The van der Waals surface area contributed by atoms with Gasteiger partial charge in [-0.15, -0.1) is 0 Å². The molecule has 0 amide bonds. The van der Waals surface area contributed by atoms with Gasteiger partial charge in [0.1, 0.15) is 18.0 Å². The van der Waals surface area contributed by atoms with E-state index in [0.29, 0.717) is 18.1 Å². The maximum Gasteiger partial charge on any atom is 0.281 e. The normalized spacial score (nSPS) is 18.0. The number of hydrogen-bond acceptors (Lipinski definition) is 6. The van der Waals surface area contributed by atoms with Crippen molar-refractivity contribution in [1.82, 2.24) is 9.97 Å². The zero-order valence-corrected chi connectivity index (χ0v) is 12.9. The minimum Gasteiger partial charge on any atom is -0.381 e. The molecule has 2 heterocycles. The molecule has 1 aromatic heterocycles. The predicted molar refractivity (Wildman–Crippen MR) is 86.2 cm³/mol. The molecule has 126 valence electrons. The number of rotatable bonds is 4. The molecular weight excluding hydrogens is 315 g/mol. The summed E-state index contributed by atoms with van der Waals surface area (Å²) in [6.45, 7) is 1.45. The average molecular weight is 332 g/mol. The van der Waals surface area contributed by atoms with E-state index in [1.54, 1.807) is 6.07 Å². The molecule has 0 bridgehead atoms. The molecule has 1 fully saturated rings. The van der Waals surface area contributed by atoms with Gasteiger partial charge < -0.3 is 10.1 Å². The Bertz CT molecular complexity index is 733. The molecule has 24 heavy (non-hydrogen) atoms. The van der Waals surface area contributed by atoms with E-state index in [4.69, 9.17) is 4.74 Å². The van der Waals surface area contributed by atoms with Crippen LogP contribution in [-0.2, 0) is 4.74 Å². The van der Waals surface area contributed by atoms with Crippen molar-refractivity contribution in [2.24, 2.45) is 0 Å². The fourth-order valence-corrected chi connectivity index (χ4v) is 2.71. The first kappa shape index (κ1) is 16.3. The maximum atomic E-state index is 13.3. The van der Waals surface area contributed by atoms with Crippen LogP contribution in [0.3, 0.4) is 0 Å². The van der Waals surface area contributed by atoms with E-state index in [0.717, 1.165) is 31.9 Å². The Morgan fingerprint density at radius 1 is 1.25 bits per heavy atom. The Balaban J connectivity index is 1.86. The van der Waals surface area contributed by atoms with Crippen LogP contribution in [0.5, 0.6) is 0 Å². The van der Waals surface area contributed by atoms with Crippen molar-refractivity contribution in [3.8, 4) is 11.3 Å². The van der Waals surface area contributed by atoms with Gasteiger partial charge in [0.05, 0.1) is 22.2 Å². The van der Waals surface area contributed by atoms with Crippen LogP contribution in [0.15, 0.2) is 30.6 Å².